The molecule has 0 aromatic carbocycles. The van der Waals surface area contributed by atoms with E-state index in [1.165, 1.54) is 11.3 Å². The molecule has 17 heavy (non-hydrogen) atoms. The van der Waals surface area contributed by atoms with Crippen LogP contribution in [0.5, 0.6) is 0 Å². The van der Waals surface area contributed by atoms with Crippen LogP contribution in [-0.4, -0.2) is 16.9 Å². The Morgan fingerprint density at radius 2 is 2.53 bits per heavy atom. The van der Waals surface area contributed by atoms with Gasteiger partial charge in [0.25, 0.3) is 5.91 Å². The van der Waals surface area contributed by atoms with Crippen molar-refractivity contribution in [3.05, 3.63) is 35.2 Å². The molecule has 2 aromatic rings. The van der Waals surface area contributed by atoms with Gasteiger partial charge in [-0.2, -0.15) is 0 Å². The van der Waals surface area contributed by atoms with Gasteiger partial charge in [0.1, 0.15) is 11.5 Å². The first-order valence-electron chi connectivity index (χ1n) is 5.19. The van der Waals surface area contributed by atoms with Gasteiger partial charge in [-0.3, -0.25) is 4.79 Å². The first kappa shape index (κ1) is 11.7. The van der Waals surface area contributed by atoms with Gasteiger partial charge in [0.05, 0.1) is 6.26 Å². The van der Waals surface area contributed by atoms with E-state index in [2.05, 4.69) is 10.3 Å². The van der Waals surface area contributed by atoms with Crippen LogP contribution in [0, 0.1) is 0 Å². The molecule has 0 radical (unpaired) electrons. The molecule has 0 aliphatic carbocycles. The van der Waals surface area contributed by atoms with E-state index in [0.717, 1.165) is 5.76 Å². The largest absolute Gasteiger partial charge is 0.469 e. The number of carbonyl (C=O) groups is 1. The van der Waals surface area contributed by atoms with Crippen molar-refractivity contribution in [3.63, 3.8) is 0 Å². The molecule has 0 spiro atoms. The average molecular weight is 251 g/mol. The maximum absolute atomic E-state index is 11.7. The number of nitrogens with two attached hydrogens (primary N) is 1. The zero-order valence-corrected chi connectivity index (χ0v) is 10.2. The lowest BCUT2D eigenvalue weighted by Gasteiger charge is -2.11. The molecule has 0 bridgehead atoms. The van der Waals surface area contributed by atoms with Crippen molar-refractivity contribution in [3.8, 4) is 0 Å². The van der Waals surface area contributed by atoms with Crippen molar-refractivity contribution in [2.45, 2.75) is 19.4 Å². The fourth-order valence-corrected chi connectivity index (χ4v) is 2.01. The SMILES string of the molecule is CC(Cc1ccco1)NC(=O)c1csc(N)n1. The number of carbonyl (C=O) groups excluding carboxylic acids is 1. The molecule has 0 saturated heterocycles. The van der Waals surface area contributed by atoms with Gasteiger partial charge in [0.15, 0.2) is 5.13 Å². The molecular weight excluding hydrogens is 238 g/mol. The summed E-state index contributed by atoms with van der Waals surface area (Å²) in [7, 11) is 0. The predicted molar refractivity (Wildman–Crippen MR) is 65.9 cm³/mol. The summed E-state index contributed by atoms with van der Waals surface area (Å²) in [5, 5.41) is 4.88. The summed E-state index contributed by atoms with van der Waals surface area (Å²) >= 11 is 1.25. The van der Waals surface area contributed by atoms with Crippen LogP contribution in [0.15, 0.2) is 28.2 Å². The molecule has 2 rings (SSSR count). The second-order valence-electron chi connectivity index (χ2n) is 3.73. The molecular formula is C11H13N3O2S. The number of hydrogen-bond acceptors (Lipinski definition) is 5. The third kappa shape index (κ3) is 3.07. The van der Waals surface area contributed by atoms with Gasteiger partial charge in [0, 0.05) is 17.8 Å². The molecule has 2 heterocycles. The van der Waals surface area contributed by atoms with Crippen LogP contribution in [0.1, 0.15) is 23.2 Å². The number of amides is 1. The Labute approximate surface area is 103 Å². The zero-order chi connectivity index (χ0) is 12.3. The number of rotatable bonds is 4. The summed E-state index contributed by atoms with van der Waals surface area (Å²) < 4.78 is 5.21. The Morgan fingerprint density at radius 1 is 1.71 bits per heavy atom. The van der Waals surface area contributed by atoms with Gasteiger partial charge in [-0.1, -0.05) is 0 Å². The number of thiazole rings is 1. The zero-order valence-electron chi connectivity index (χ0n) is 9.34. The predicted octanol–water partition coefficient (Wildman–Crippen LogP) is 1.68. The highest BCUT2D eigenvalue weighted by atomic mass is 32.1. The van der Waals surface area contributed by atoms with E-state index in [-0.39, 0.29) is 11.9 Å². The first-order valence-corrected chi connectivity index (χ1v) is 6.07. The normalized spacial score (nSPS) is 12.3. The fraction of sp³-hybridized carbons (Fsp3) is 0.273. The molecule has 3 N–H and O–H groups in total. The number of anilines is 1. The second-order valence-corrected chi connectivity index (χ2v) is 4.62. The molecule has 5 nitrogen and oxygen atoms in total. The van der Waals surface area contributed by atoms with Gasteiger partial charge >= 0.3 is 0 Å². The van der Waals surface area contributed by atoms with Crippen LogP contribution in [0.25, 0.3) is 0 Å². The van der Waals surface area contributed by atoms with Crippen molar-refractivity contribution in [2.75, 3.05) is 5.73 Å². The van der Waals surface area contributed by atoms with E-state index in [4.69, 9.17) is 10.2 Å². The molecule has 1 atom stereocenters. The summed E-state index contributed by atoms with van der Waals surface area (Å²) in [5.74, 6) is 0.632. The molecule has 0 aliphatic rings. The van der Waals surface area contributed by atoms with Crippen molar-refractivity contribution >= 4 is 22.4 Å². The Balaban J connectivity index is 1.90. The van der Waals surface area contributed by atoms with Gasteiger partial charge in [-0.25, -0.2) is 4.98 Å². The number of nitrogens with zero attached hydrogens (tertiary/aromatic N) is 1. The van der Waals surface area contributed by atoms with E-state index >= 15 is 0 Å². The van der Waals surface area contributed by atoms with Crippen LogP contribution in [-0.2, 0) is 6.42 Å². The molecule has 1 amide bonds. The highest BCUT2D eigenvalue weighted by molar-refractivity contribution is 7.13. The summed E-state index contributed by atoms with van der Waals surface area (Å²) in [6.45, 7) is 1.91. The molecule has 1 unspecified atom stereocenters. The quantitative estimate of drug-likeness (QED) is 0.866. The van der Waals surface area contributed by atoms with E-state index in [0.29, 0.717) is 17.2 Å². The summed E-state index contributed by atoms with van der Waals surface area (Å²) in [6.07, 6.45) is 2.27. The van der Waals surface area contributed by atoms with E-state index < -0.39 is 0 Å². The third-order valence-corrected chi connectivity index (χ3v) is 2.89. The highest BCUT2D eigenvalue weighted by Gasteiger charge is 2.13. The molecule has 2 aromatic heterocycles. The number of nitrogen functional groups attached to an aromatic ring is 1. The standard InChI is InChI=1S/C11H13N3O2S/c1-7(5-8-3-2-4-16-8)13-10(15)9-6-17-11(12)14-9/h2-4,6-7H,5H2,1H3,(H2,12,14)(H,13,15). The number of furan rings is 1. The van der Waals surface area contributed by atoms with Crippen LogP contribution in [0.3, 0.4) is 0 Å². The lowest BCUT2D eigenvalue weighted by atomic mass is 10.2. The summed E-state index contributed by atoms with van der Waals surface area (Å²) in [6, 6.07) is 3.69. The monoisotopic (exact) mass is 251 g/mol. The Hall–Kier alpha value is -1.82. The van der Waals surface area contributed by atoms with Crippen LogP contribution < -0.4 is 11.1 Å². The minimum atomic E-state index is -0.211. The van der Waals surface area contributed by atoms with Crippen molar-refractivity contribution in [1.82, 2.24) is 10.3 Å². The van der Waals surface area contributed by atoms with Crippen molar-refractivity contribution in [2.24, 2.45) is 0 Å². The van der Waals surface area contributed by atoms with Gasteiger partial charge in [0.2, 0.25) is 0 Å². The van der Waals surface area contributed by atoms with Crippen LogP contribution in [0.4, 0.5) is 5.13 Å². The average Bonchev–Trinajstić information content (AvgIpc) is 2.89. The minimum Gasteiger partial charge on any atom is -0.469 e. The number of nitrogens with one attached hydrogen (secondary N) is 1. The summed E-state index contributed by atoms with van der Waals surface area (Å²) in [5.41, 5.74) is 5.83. The molecule has 0 saturated carbocycles. The third-order valence-electron chi connectivity index (χ3n) is 2.22. The maximum Gasteiger partial charge on any atom is 0.271 e. The molecule has 0 fully saturated rings. The van der Waals surface area contributed by atoms with E-state index in [1.54, 1.807) is 11.6 Å². The first-order chi connectivity index (χ1) is 8.15. The van der Waals surface area contributed by atoms with E-state index in [1.807, 2.05) is 19.1 Å². The fourth-order valence-electron chi connectivity index (χ4n) is 1.47. The molecule has 0 aliphatic heterocycles. The van der Waals surface area contributed by atoms with Gasteiger partial charge < -0.3 is 15.5 Å². The van der Waals surface area contributed by atoms with Gasteiger partial charge in [-0.05, 0) is 19.1 Å². The van der Waals surface area contributed by atoms with Crippen molar-refractivity contribution in [1.29, 1.82) is 0 Å². The van der Waals surface area contributed by atoms with Crippen LogP contribution >= 0.6 is 11.3 Å². The number of hydrogen-bond donors (Lipinski definition) is 2. The minimum absolute atomic E-state index is 0.0171. The Bertz CT molecular complexity index is 493. The lowest BCUT2D eigenvalue weighted by molar-refractivity contribution is 0.0935. The number of aromatic nitrogens is 1. The molecule has 6 heteroatoms. The summed E-state index contributed by atoms with van der Waals surface area (Å²) in [4.78, 5) is 15.7. The van der Waals surface area contributed by atoms with Crippen LogP contribution in [0.2, 0.25) is 0 Å². The Morgan fingerprint density at radius 3 is 3.12 bits per heavy atom. The smallest absolute Gasteiger partial charge is 0.271 e. The topological polar surface area (TPSA) is 81.2 Å². The second kappa shape index (κ2) is 5.01. The lowest BCUT2D eigenvalue weighted by Crippen LogP contribution is -2.34. The van der Waals surface area contributed by atoms with E-state index in [9.17, 15) is 4.79 Å². The Kier molecular flexibility index (Phi) is 3.43. The molecule has 90 valence electrons. The van der Waals surface area contributed by atoms with Crippen molar-refractivity contribution < 1.29 is 9.21 Å². The van der Waals surface area contributed by atoms with Gasteiger partial charge in [-0.15, -0.1) is 11.3 Å². The maximum atomic E-state index is 11.7. The highest BCUT2D eigenvalue weighted by Crippen LogP contribution is 2.11.